The molecule has 0 spiro atoms. The molecule has 34 heavy (non-hydrogen) atoms. The molecule has 4 heteroatoms. The van der Waals surface area contributed by atoms with Crippen molar-refractivity contribution in [2.75, 3.05) is 0 Å². The van der Waals surface area contributed by atoms with Crippen LogP contribution in [0, 0.1) is 27.7 Å². The minimum absolute atomic E-state index is 0. The van der Waals surface area contributed by atoms with Gasteiger partial charge in [0.15, 0.2) is 0 Å². The molecule has 0 aliphatic heterocycles. The summed E-state index contributed by atoms with van der Waals surface area (Å²) in [5.74, 6) is 0. The van der Waals surface area contributed by atoms with Crippen LogP contribution in [0.3, 0.4) is 0 Å². The summed E-state index contributed by atoms with van der Waals surface area (Å²) >= 11 is -3.58. The van der Waals surface area contributed by atoms with Crippen molar-refractivity contribution < 1.29 is 17.1 Å². The molecule has 4 rings (SSSR count). The van der Waals surface area contributed by atoms with Gasteiger partial charge in [0.05, 0.1) is 0 Å². The molecule has 0 bridgehead atoms. The quantitative estimate of drug-likeness (QED) is 0.267. The summed E-state index contributed by atoms with van der Waals surface area (Å²) in [4.78, 5) is 0. The molecule has 0 nitrogen and oxygen atoms in total. The summed E-state index contributed by atoms with van der Waals surface area (Å²) in [6.45, 7) is 16.6. The maximum absolute atomic E-state index is 3.58. The van der Waals surface area contributed by atoms with Crippen LogP contribution in [0.15, 0.2) is 35.4 Å². The van der Waals surface area contributed by atoms with Gasteiger partial charge in [-0.1, -0.05) is 0 Å². The second-order valence-corrected chi connectivity index (χ2v) is 55.3. The first-order valence-electron chi connectivity index (χ1n) is 12.7. The number of aryl methyl sites for hydroxylation is 4. The van der Waals surface area contributed by atoms with Crippen molar-refractivity contribution in [2.45, 2.75) is 83.9 Å². The molecular formula is C30H44Cl2HfSi. The van der Waals surface area contributed by atoms with Crippen molar-refractivity contribution in [2.24, 2.45) is 0 Å². The Kier molecular flexibility index (Phi) is 9.23. The van der Waals surface area contributed by atoms with Gasteiger partial charge >= 0.3 is 200 Å². The molecule has 0 fully saturated rings. The predicted molar refractivity (Wildman–Crippen MR) is 158 cm³/mol. The second kappa shape index (κ2) is 10.5. The minimum Gasteiger partial charge on any atom is -0.147 e. The average molecular weight is 682 g/mol. The van der Waals surface area contributed by atoms with Crippen molar-refractivity contribution in [3.63, 3.8) is 0 Å². The SMILES string of the molecule is CCCC1=Cc2c(C)ccc(C)c2[CH]1[Hf]([CH3])([CH3])(=[SiH2])[CH]1C(CCC)=Cc2c(C)ccc(C)c21.Cl.Cl. The molecule has 0 aromatic heterocycles. The summed E-state index contributed by atoms with van der Waals surface area (Å²) < 4.78 is 6.95. The summed E-state index contributed by atoms with van der Waals surface area (Å²) in [5.41, 5.74) is 15.9. The van der Waals surface area contributed by atoms with Gasteiger partial charge in [-0.2, -0.15) is 0 Å². The van der Waals surface area contributed by atoms with Crippen LogP contribution in [-0.4, -0.2) is 6.94 Å². The van der Waals surface area contributed by atoms with Crippen LogP contribution in [-0.2, 0) is 17.1 Å². The Labute approximate surface area is 223 Å². The summed E-state index contributed by atoms with van der Waals surface area (Å²) in [7, 11) is 0. The molecule has 2 aliphatic carbocycles. The molecule has 0 saturated carbocycles. The Balaban J connectivity index is 0.00000204. The number of rotatable bonds is 6. The standard InChI is InChI=1S/2C14H17.2CH3.2ClH.Hf.H2Si/c2*1-4-5-12-8-13-10(2)6-7-11(3)14(13)9-12;;;;;;/h2*6-9H,4-5H2,1-3H3;2*1H3;2*1H;;1H2. The Hall–Kier alpha value is -0.413. The second-order valence-electron chi connectivity index (χ2n) is 11.8. The number of halogens is 2. The van der Waals surface area contributed by atoms with E-state index in [1.165, 1.54) is 47.9 Å². The van der Waals surface area contributed by atoms with E-state index in [1.54, 1.807) is 33.4 Å². The van der Waals surface area contributed by atoms with E-state index in [0.29, 0.717) is 7.35 Å². The van der Waals surface area contributed by atoms with Crippen LogP contribution in [0.25, 0.3) is 12.2 Å². The van der Waals surface area contributed by atoms with Crippen molar-refractivity contribution in [3.05, 3.63) is 79.9 Å². The summed E-state index contributed by atoms with van der Waals surface area (Å²) in [5, 5.41) is 0. The Morgan fingerprint density at radius 3 is 1.29 bits per heavy atom. The summed E-state index contributed by atoms with van der Waals surface area (Å²) in [6.07, 6.45) is 10.2. The van der Waals surface area contributed by atoms with Gasteiger partial charge in [-0.15, -0.1) is 24.8 Å². The van der Waals surface area contributed by atoms with Gasteiger partial charge in [-0.25, -0.2) is 0 Å². The van der Waals surface area contributed by atoms with Gasteiger partial charge in [0.2, 0.25) is 0 Å². The number of benzene rings is 2. The normalized spacial score (nSPS) is 19.0. The number of fused-ring (bicyclic) bond motifs is 2. The molecule has 2 aromatic rings. The van der Waals surface area contributed by atoms with E-state index in [-0.39, 0.29) is 24.8 Å². The number of allylic oxidation sites excluding steroid dienone is 2. The van der Waals surface area contributed by atoms with Gasteiger partial charge < -0.3 is 0 Å². The zero-order valence-electron chi connectivity index (χ0n) is 22.5. The monoisotopic (exact) mass is 682 g/mol. The van der Waals surface area contributed by atoms with Crippen LogP contribution in [0.1, 0.15) is 91.4 Å². The van der Waals surface area contributed by atoms with Gasteiger partial charge in [0.25, 0.3) is 0 Å². The summed E-state index contributed by atoms with van der Waals surface area (Å²) in [6, 6.07) is 9.46. The van der Waals surface area contributed by atoms with Gasteiger partial charge in [-0.05, 0) is 0 Å². The molecule has 0 heterocycles. The maximum atomic E-state index is 2.81. The van der Waals surface area contributed by atoms with Crippen LogP contribution in [0.2, 0.25) is 9.36 Å². The molecule has 2 aromatic carbocycles. The third kappa shape index (κ3) is 4.67. The van der Waals surface area contributed by atoms with Crippen molar-refractivity contribution >= 4 is 43.9 Å². The smallest absolute Gasteiger partial charge is 0.147 e. The third-order valence-electron chi connectivity index (χ3n) is 8.40. The van der Waals surface area contributed by atoms with Gasteiger partial charge in [0.1, 0.15) is 0 Å². The zero-order valence-corrected chi connectivity index (χ0v) is 29.1. The van der Waals surface area contributed by atoms with Crippen LogP contribution in [0.5, 0.6) is 0 Å². The van der Waals surface area contributed by atoms with Crippen LogP contribution >= 0.6 is 24.8 Å². The fraction of sp³-hybridized carbons (Fsp3) is 0.467. The van der Waals surface area contributed by atoms with E-state index >= 15 is 0 Å². The van der Waals surface area contributed by atoms with Crippen LogP contribution in [0.4, 0.5) is 0 Å². The molecule has 0 N–H and O–H groups in total. The fourth-order valence-electron chi connectivity index (χ4n) is 7.11. The average Bonchev–Trinajstić information content (AvgIpc) is 3.30. The van der Waals surface area contributed by atoms with Gasteiger partial charge in [-0.3, -0.25) is 0 Å². The van der Waals surface area contributed by atoms with Crippen molar-refractivity contribution in [3.8, 4) is 0 Å². The molecule has 2 unspecified atom stereocenters. The number of hydrogen-bond acceptors (Lipinski definition) is 0. The largest absolute Gasteiger partial charge is 0.147 e. The first-order chi connectivity index (χ1) is 15.0. The molecule has 2 atom stereocenters. The molecule has 2 aliphatic rings. The van der Waals surface area contributed by atoms with E-state index in [2.05, 4.69) is 94.3 Å². The molecule has 186 valence electrons. The Morgan fingerprint density at radius 2 is 0.971 bits per heavy atom. The Morgan fingerprint density at radius 1 is 0.647 bits per heavy atom. The van der Waals surface area contributed by atoms with E-state index in [4.69, 9.17) is 0 Å². The Bertz CT molecular complexity index is 1140. The maximum Gasteiger partial charge on any atom is -0.147 e. The first-order valence-corrected chi connectivity index (χ1v) is 32.3. The van der Waals surface area contributed by atoms with E-state index in [9.17, 15) is 0 Å². The number of hydrogen-bond donors (Lipinski definition) is 0. The molecule has 0 radical (unpaired) electrons. The van der Waals surface area contributed by atoms with Gasteiger partial charge in [0, 0.05) is 0 Å². The molecule has 0 saturated heterocycles. The topological polar surface area (TPSA) is 0 Å². The van der Waals surface area contributed by atoms with Crippen molar-refractivity contribution in [1.29, 1.82) is 0 Å². The van der Waals surface area contributed by atoms with E-state index < -0.39 is 17.1 Å². The first kappa shape index (κ1) is 29.8. The minimum atomic E-state index is -3.58. The zero-order chi connectivity index (χ0) is 23.4. The fourth-order valence-corrected chi connectivity index (χ4v) is 35.9. The molecular weight excluding hydrogens is 638 g/mol. The molecule has 0 amide bonds. The van der Waals surface area contributed by atoms with E-state index in [0.717, 1.165) is 0 Å². The third-order valence-corrected chi connectivity index (χ3v) is 33.4. The van der Waals surface area contributed by atoms with Crippen molar-refractivity contribution in [1.82, 2.24) is 0 Å². The predicted octanol–water partition coefficient (Wildman–Crippen LogP) is 9.27. The van der Waals surface area contributed by atoms with E-state index in [1.807, 2.05) is 0 Å². The van der Waals surface area contributed by atoms with Crippen LogP contribution < -0.4 is 0 Å².